The number of phenolic OH excluding ortho intramolecular Hbond substituents is 2. The van der Waals surface area contributed by atoms with Gasteiger partial charge in [0.15, 0.2) is 0 Å². The molecule has 0 saturated carbocycles. The van der Waals surface area contributed by atoms with E-state index >= 15 is 0 Å². The van der Waals surface area contributed by atoms with E-state index in [1.54, 1.807) is 0 Å². The lowest BCUT2D eigenvalue weighted by Crippen LogP contribution is -2.27. The van der Waals surface area contributed by atoms with Crippen LogP contribution in [0.25, 0.3) is 0 Å². The first kappa shape index (κ1) is 17.7. The molecule has 0 saturated heterocycles. The molecule has 1 aliphatic carbocycles. The van der Waals surface area contributed by atoms with Crippen molar-refractivity contribution >= 4 is 22.9 Å². The van der Waals surface area contributed by atoms with Gasteiger partial charge in [-0.15, -0.1) is 0 Å². The molecule has 0 heterocycles. The van der Waals surface area contributed by atoms with E-state index in [0.717, 1.165) is 12.1 Å². The van der Waals surface area contributed by atoms with Crippen molar-refractivity contribution in [2.45, 2.75) is 26.3 Å². The quantitative estimate of drug-likeness (QED) is 0.304. The lowest BCUT2D eigenvalue weighted by molar-refractivity contribution is 0.0974. The lowest BCUT2D eigenvalue weighted by Gasteiger charge is -2.25. The van der Waals surface area contributed by atoms with E-state index in [2.05, 4.69) is 10.6 Å². The molecule has 0 fully saturated rings. The average Bonchev–Trinajstić information content (AvgIpc) is 2.54. The molecule has 2 aromatic carbocycles. The van der Waals surface area contributed by atoms with Gasteiger partial charge in [0.2, 0.25) is 11.6 Å². The highest BCUT2D eigenvalue weighted by Crippen LogP contribution is 2.42. The second kappa shape index (κ2) is 6.32. The molecular formula is C18H18N2O6. The molecule has 26 heavy (non-hydrogen) atoms. The summed E-state index contributed by atoms with van der Waals surface area (Å²) in [5.41, 5.74) is -0.337. The van der Waals surface area contributed by atoms with Crippen LogP contribution in [0.5, 0.6) is 11.5 Å². The van der Waals surface area contributed by atoms with Crippen molar-refractivity contribution in [1.82, 2.24) is 0 Å². The molecule has 136 valence electrons. The smallest absolute Gasteiger partial charge is 0.200 e. The Morgan fingerprint density at radius 3 is 1.35 bits per heavy atom. The molecule has 0 aromatic heterocycles. The van der Waals surface area contributed by atoms with Crippen molar-refractivity contribution in [2.24, 2.45) is 0 Å². The minimum Gasteiger partial charge on any atom is -0.507 e. The normalized spacial score (nSPS) is 15.1. The zero-order valence-corrected chi connectivity index (χ0v) is 14.1. The third-order valence-corrected chi connectivity index (χ3v) is 4.00. The number of hydrogen-bond acceptors (Lipinski definition) is 8. The van der Waals surface area contributed by atoms with Crippen molar-refractivity contribution < 1.29 is 30.0 Å². The van der Waals surface area contributed by atoms with Crippen LogP contribution in [0.15, 0.2) is 24.3 Å². The van der Waals surface area contributed by atoms with Gasteiger partial charge in [-0.25, -0.2) is 0 Å². The summed E-state index contributed by atoms with van der Waals surface area (Å²) in [6, 6.07) is 5.21. The van der Waals surface area contributed by atoms with E-state index in [0.29, 0.717) is 0 Å². The summed E-state index contributed by atoms with van der Waals surface area (Å²) in [6.45, 7) is 2.89. The molecule has 0 spiro atoms. The lowest BCUT2D eigenvalue weighted by atomic mass is 9.81. The van der Waals surface area contributed by atoms with Crippen LogP contribution in [0.2, 0.25) is 0 Å². The topological polar surface area (TPSA) is 139 Å². The molecule has 3 rings (SSSR count). The van der Waals surface area contributed by atoms with Crippen molar-refractivity contribution in [3.63, 3.8) is 0 Å². The maximum atomic E-state index is 13.0. The maximum Gasteiger partial charge on any atom is 0.200 e. The molecule has 8 nitrogen and oxygen atoms in total. The van der Waals surface area contributed by atoms with E-state index in [1.807, 2.05) is 0 Å². The molecule has 2 aromatic rings. The number of carbonyl (C=O) groups excluding carboxylic acids is 2. The van der Waals surface area contributed by atoms with Crippen LogP contribution < -0.4 is 10.6 Å². The predicted molar refractivity (Wildman–Crippen MR) is 93.7 cm³/mol. The Hall–Kier alpha value is -3.10. The van der Waals surface area contributed by atoms with Gasteiger partial charge in [0, 0.05) is 11.4 Å². The molecule has 0 aliphatic heterocycles. The summed E-state index contributed by atoms with van der Waals surface area (Å²) in [5, 5.41) is 44.7. The number of hydrogen-bond donors (Lipinski definition) is 6. The summed E-state index contributed by atoms with van der Waals surface area (Å²) < 4.78 is 0. The molecule has 2 unspecified atom stereocenters. The highest BCUT2D eigenvalue weighted by atomic mass is 16.3. The van der Waals surface area contributed by atoms with Gasteiger partial charge in [-0.1, -0.05) is 0 Å². The number of phenols is 2. The van der Waals surface area contributed by atoms with Gasteiger partial charge in [0.05, 0.1) is 22.3 Å². The van der Waals surface area contributed by atoms with E-state index in [1.165, 1.54) is 26.0 Å². The minimum absolute atomic E-state index is 0.0602. The number of benzene rings is 2. The number of aliphatic hydroxyl groups is 2. The zero-order chi connectivity index (χ0) is 19.2. The Balaban J connectivity index is 2.33. The van der Waals surface area contributed by atoms with Crippen LogP contribution in [0.4, 0.5) is 11.4 Å². The molecule has 6 N–H and O–H groups in total. The molecule has 8 heteroatoms. The molecule has 0 bridgehead atoms. The van der Waals surface area contributed by atoms with Crippen LogP contribution in [0.1, 0.15) is 45.7 Å². The number of fused-ring (bicyclic) bond motifs is 2. The number of ketones is 2. The molecular weight excluding hydrogens is 340 g/mol. The first-order chi connectivity index (χ1) is 12.2. The Kier molecular flexibility index (Phi) is 4.31. The number of rotatable bonds is 4. The van der Waals surface area contributed by atoms with Crippen molar-refractivity contribution in [2.75, 3.05) is 10.6 Å². The third-order valence-electron chi connectivity index (χ3n) is 4.00. The van der Waals surface area contributed by atoms with Gasteiger partial charge in [-0.2, -0.15) is 0 Å². The standard InChI is InChI=1S/C18H18N2O6/c1-7(21)19-9-3-4-10(20-8(2)22)14-13(9)17(25)15-11(23)5-6-12(24)16(15)18(14)26/h3-8,19-24H,1-2H3. The summed E-state index contributed by atoms with van der Waals surface area (Å²) in [6.07, 6.45) is -2.01. The van der Waals surface area contributed by atoms with E-state index in [9.17, 15) is 30.0 Å². The monoisotopic (exact) mass is 358 g/mol. The van der Waals surface area contributed by atoms with Gasteiger partial charge < -0.3 is 31.1 Å². The number of carbonyl (C=O) groups is 2. The fraction of sp³-hybridized carbons (Fsp3) is 0.222. The van der Waals surface area contributed by atoms with E-state index in [4.69, 9.17) is 0 Å². The molecule has 1 aliphatic rings. The molecule has 2 atom stereocenters. The number of aromatic hydroxyl groups is 2. The van der Waals surface area contributed by atoms with Crippen LogP contribution in [0.3, 0.4) is 0 Å². The summed E-state index contributed by atoms with van der Waals surface area (Å²) in [4.78, 5) is 26.1. The minimum atomic E-state index is -1.00. The van der Waals surface area contributed by atoms with Crippen LogP contribution in [-0.4, -0.2) is 44.4 Å². The van der Waals surface area contributed by atoms with Gasteiger partial charge in [0.25, 0.3) is 0 Å². The second-order valence-corrected chi connectivity index (χ2v) is 6.06. The zero-order valence-electron chi connectivity index (χ0n) is 14.1. The SMILES string of the molecule is CC(O)Nc1ccc(NC(C)O)c2c1C(=O)c1c(O)ccc(O)c1C2=O. The van der Waals surface area contributed by atoms with Gasteiger partial charge in [-0.3, -0.25) is 9.59 Å². The van der Waals surface area contributed by atoms with Crippen molar-refractivity contribution in [3.8, 4) is 11.5 Å². The van der Waals surface area contributed by atoms with Gasteiger partial charge in [0.1, 0.15) is 24.0 Å². The Morgan fingerprint density at radius 2 is 1.04 bits per heavy atom. The predicted octanol–water partition coefficient (Wildman–Crippen LogP) is 1.37. The number of aliphatic hydroxyl groups excluding tert-OH is 2. The average molecular weight is 358 g/mol. The second-order valence-electron chi connectivity index (χ2n) is 6.06. The fourth-order valence-corrected chi connectivity index (χ4v) is 3.06. The summed E-state index contributed by atoms with van der Waals surface area (Å²) in [7, 11) is 0. The highest BCUT2D eigenvalue weighted by molar-refractivity contribution is 6.33. The van der Waals surface area contributed by atoms with E-state index in [-0.39, 0.29) is 33.6 Å². The van der Waals surface area contributed by atoms with Crippen LogP contribution in [0, 0.1) is 0 Å². The van der Waals surface area contributed by atoms with E-state index < -0.39 is 35.5 Å². The van der Waals surface area contributed by atoms with Crippen molar-refractivity contribution in [1.29, 1.82) is 0 Å². The van der Waals surface area contributed by atoms with Gasteiger partial charge >= 0.3 is 0 Å². The number of nitrogens with one attached hydrogen (secondary N) is 2. The third kappa shape index (κ3) is 2.75. The van der Waals surface area contributed by atoms with Crippen molar-refractivity contribution in [3.05, 3.63) is 46.5 Å². The Bertz CT molecular complexity index is 846. The fourth-order valence-electron chi connectivity index (χ4n) is 3.06. The molecule has 0 amide bonds. The molecule has 0 radical (unpaired) electrons. The Morgan fingerprint density at radius 1 is 0.692 bits per heavy atom. The largest absolute Gasteiger partial charge is 0.507 e. The van der Waals surface area contributed by atoms with Gasteiger partial charge in [-0.05, 0) is 38.1 Å². The van der Waals surface area contributed by atoms with Crippen LogP contribution in [-0.2, 0) is 0 Å². The Labute approximate surface area is 148 Å². The highest BCUT2D eigenvalue weighted by Gasteiger charge is 2.38. The first-order valence-corrected chi connectivity index (χ1v) is 7.93. The maximum absolute atomic E-state index is 13.0. The summed E-state index contributed by atoms with van der Waals surface area (Å²) in [5.74, 6) is -2.22. The first-order valence-electron chi connectivity index (χ1n) is 7.93. The summed E-state index contributed by atoms with van der Waals surface area (Å²) >= 11 is 0. The van der Waals surface area contributed by atoms with Crippen LogP contribution >= 0.6 is 0 Å². The number of anilines is 2.